The van der Waals surface area contributed by atoms with Crippen LogP contribution in [-0.2, 0) is 6.42 Å². The lowest BCUT2D eigenvalue weighted by molar-refractivity contribution is 0.413. The molecule has 0 aliphatic carbocycles. The molecule has 0 heterocycles. The first-order valence-corrected chi connectivity index (χ1v) is 6.18. The summed E-state index contributed by atoms with van der Waals surface area (Å²) in [7, 11) is 1.57. The molecule has 0 saturated heterocycles. The van der Waals surface area contributed by atoms with Gasteiger partial charge in [0.05, 0.1) is 13.2 Å². The molecule has 0 aliphatic rings. The van der Waals surface area contributed by atoms with Crippen molar-refractivity contribution >= 4 is 0 Å². The summed E-state index contributed by atoms with van der Waals surface area (Å²) in [6.45, 7) is 0. The third-order valence-electron chi connectivity index (χ3n) is 3.13. The number of ether oxygens (including phenoxy) is 1. The molecular formula is C15H16F2N2O. The second-order valence-corrected chi connectivity index (χ2v) is 4.42. The van der Waals surface area contributed by atoms with Crippen LogP contribution in [0.5, 0.6) is 5.75 Å². The maximum absolute atomic E-state index is 13.8. The van der Waals surface area contributed by atoms with Crippen LogP contribution >= 0.6 is 0 Å². The van der Waals surface area contributed by atoms with Crippen LogP contribution in [0.3, 0.4) is 0 Å². The van der Waals surface area contributed by atoms with E-state index in [0.29, 0.717) is 12.2 Å². The third-order valence-corrected chi connectivity index (χ3v) is 3.13. The molecule has 1 atom stereocenters. The lowest BCUT2D eigenvalue weighted by Gasteiger charge is -2.17. The molecule has 0 spiro atoms. The lowest BCUT2D eigenvalue weighted by atomic mass is 9.98. The SMILES string of the molecule is COc1cccc(CC(NN)c2cccc(F)c2F)c1. The molecule has 5 heteroatoms. The lowest BCUT2D eigenvalue weighted by Crippen LogP contribution is -2.30. The van der Waals surface area contributed by atoms with Crippen LogP contribution in [0.4, 0.5) is 8.78 Å². The number of benzene rings is 2. The molecule has 3 N–H and O–H groups in total. The number of hydrogen-bond acceptors (Lipinski definition) is 3. The van der Waals surface area contributed by atoms with E-state index in [1.54, 1.807) is 7.11 Å². The Kier molecular flexibility index (Phi) is 4.65. The van der Waals surface area contributed by atoms with Gasteiger partial charge in [-0.25, -0.2) is 8.78 Å². The minimum Gasteiger partial charge on any atom is -0.497 e. The number of hydrazine groups is 1. The number of hydrogen-bond donors (Lipinski definition) is 2. The topological polar surface area (TPSA) is 47.3 Å². The fourth-order valence-corrected chi connectivity index (χ4v) is 2.08. The monoisotopic (exact) mass is 278 g/mol. The van der Waals surface area contributed by atoms with Gasteiger partial charge in [-0.2, -0.15) is 0 Å². The van der Waals surface area contributed by atoms with Gasteiger partial charge < -0.3 is 4.74 Å². The zero-order chi connectivity index (χ0) is 14.5. The molecule has 0 fully saturated rings. The van der Waals surface area contributed by atoms with Crippen LogP contribution in [-0.4, -0.2) is 7.11 Å². The Labute approximate surface area is 116 Å². The molecule has 106 valence electrons. The predicted molar refractivity (Wildman–Crippen MR) is 73.1 cm³/mol. The molecule has 2 aromatic carbocycles. The van der Waals surface area contributed by atoms with Gasteiger partial charge in [0.2, 0.25) is 0 Å². The Hall–Kier alpha value is -1.98. The Morgan fingerprint density at radius 1 is 1.20 bits per heavy atom. The van der Waals surface area contributed by atoms with Gasteiger partial charge >= 0.3 is 0 Å². The average Bonchev–Trinajstić information content (AvgIpc) is 2.48. The fraction of sp³-hybridized carbons (Fsp3) is 0.200. The summed E-state index contributed by atoms with van der Waals surface area (Å²) in [5, 5.41) is 0. The number of rotatable bonds is 5. The van der Waals surface area contributed by atoms with E-state index in [-0.39, 0.29) is 5.56 Å². The molecule has 0 radical (unpaired) electrons. The van der Waals surface area contributed by atoms with E-state index in [1.165, 1.54) is 12.1 Å². The molecule has 3 nitrogen and oxygen atoms in total. The van der Waals surface area contributed by atoms with Gasteiger partial charge in [-0.15, -0.1) is 0 Å². The van der Waals surface area contributed by atoms with Crippen LogP contribution in [0.2, 0.25) is 0 Å². The van der Waals surface area contributed by atoms with Crippen molar-refractivity contribution in [1.82, 2.24) is 5.43 Å². The van der Waals surface area contributed by atoms with Crippen LogP contribution in [0, 0.1) is 11.6 Å². The summed E-state index contributed by atoms with van der Waals surface area (Å²) >= 11 is 0. The van der Waals surface area contributed by atoms with E-state index in [4.69, 9.17) is 10.6 Å². The van der Waals surface area contributed by atoms with Crippen molar-refractivity contribution in [2.75, 3.05) is 7.11 Å². The first-order valence-electron chi connectivity index (χ1n) is 6.18. The summed E-state index contributed by atoms with van der Waals surface area (Å²) in [5.74, 6) is 4.42. The molecular weight excluding hydrogens is 262 g/mol. The Balaban J connectivity index is 2.26. The van der Waals surface area contributed by atoms with Gasteiger partial charge in [0.25, 0.3) is 0 Å². The molecule has 0 aromatic heterocycles. The van der Waals surface area contributed by atoms with Crippen molar-refractivity contribution in [1.29, 1.82) is 0 Å². The maximum atomic E-state index is 13.8. The Morgan fingerprint density at radius 3 is 2.65 bits per heavy atom. The largest absolute Gasteiger partial charge is 0.497 e. The Bertz CT molecular complexity index is 590. The fourth-order valence-electron chi connectivity index (χ4n) is 2.08. The summed E-state index contributed by atoms with van der Waals surface area (Å²) in [5.41, 5.74) is 3.64. The summed E-state index contributed by atoms with van der Waals surface area (Å²) in [4.78, 5) is 0. The average molecular weight is 278 g/mol. The number of nitrogens with two attached hydrogens (primary N) is 1. The first kappa shape index (κ1) is 14.4. The molecule has 0 saturated carbocycles. The standard InChI is InChI=1S/C15H16F2N2O/c1-20-11-5-2-4-10(8-11)9-14(19-18)12-6-3-7-13(16)15(12)17/h2-8,14,19H,9,18H2,1H3. The molecule has 2 aromatic rings. The quantitative estimate of drug-likeness (QED) is 0.653. The van der Waals surface area contributed by atoms with Crippen LogP contribution < -0.4 is 16.0 Å². The zero-order valence-corrected chi connectivity index (χ0v) is 11.1. The third kappa shape index (κ3) is 3.12. The zero-order valence-electron chi connectivity index (χ0n) is 11.1. The molecule has 20 heavy (non-hydrogen) atoms. The number of nitrogens with one attached hydrogen (secondary N) is 1. The van der Waals surface area contributed by atoms with Gasteiger partial charge in [-0.1, -0.05) is 24.3 Å². The Morgan fingerprint density at radius 2 is 1.95 bits per heavy atom. The van der Waals surface area contributed by atoms with Crippen molar-refractivity contribution in [3.63, 3.8) is 0 Å². The minimum absolute atomic E-state index is 0.204. The number of methoxy groups -OCH3 is 1. The van der Waals surface area contributed by atoms with Crippen molar-refractivity contribution in [3.8, 4) is 5.75 Å². The van der Waals surface area contributed by atoms with Crippen LogP contribution in [0.1, 0.15) is 17.2 Å². The highest BCUT2D eigenvalue weighted by atomic mass is 19.2. The molecule has 0 amide bonds. The number of halogens is 2. The minimum atomic E-state index is -0.881. The van der Waals surface area contributed by atoms with Gasteiger partial charge in [0.15, 0.2) is 11.6 Å². The van der Waals surface area contributed by atoms with E-state index >= 15 is 0 Å². The maximum Gasteiger partial charge on any atom is 0.163 e. The van der Waals surface area contributed by atoms with E-state index in [1.807, 2.05) is 24.3 Å². The smallest absolute Gasteiger partial charge is 0.163 e. The van der Waals surface area contributed by atoms with Crippen molar-refractivity contribution in [2.24, 2.45) is 5.84 Å². The van der Waals surface area contributed by atoms with Gasteiger partial charge in [-0.3, -0.25) is 11.3 Å². The van der Waals surface area contributed by atoms with Gasteiger partial charge in [0, 0.05) is 5.56 Å². The molecule has 0 aliphatic heterocycles. The highest BCUT2D eigenvalue weighted by molar-refractivity contribution is 5.31. The van der Waals surface area contributed by atoms with Crippen LogP contribution in [0.25, 0.3) is 0 Å². The van der Waals surface area contributed by atoms with E-state index in [0.717, 1.165) is 11.6 Å². The second kappa shape index (κ2) is 6.45. The van der Waals surface area contributed by atoms with E-state index in [2.05, 4.69) is 5.43 Å². The highest BCUT2D eigenvalue weighted by Crippen LogP contribution is 2.23. The summed E-state index contributed by atoms with van der Waals surface area (Å²) in [6.07, 6.45) is 0.425. The van der Waals surface area contributed by atoms with Crippen molar-refractivity contribution < 1.29 is 13.5 Å². The summed E-state index contributed by atoms with van der Waals surface area (Å²) in [6, 6.07) is 10.9. The van der Waals surface area contributed by atoms with Crippen molar-refractivity contribution in [3.05, 3.63) is 65.2 Å². The van der Waals surface area contributed by atoms with Crippen molar-refractivity contribution in [2.45, 2.75) is 12.5 Å². The van der Waals surface area contributed by atoms with E-state index in [9.17, 15) is 8.78 Å². The van der Waals surface area contributed by atoms with E-state index < -0.39 is 17.7 Å². The van der Waals surface area contributed by atoms with Crippen LogP contribution in [0.15, 0.2) is 42.5 Å². The van der Waals surface area contributed by atoms with Gasteiger partial charge in [0.1, 0.15) is 5.75 Å². The normalized spacial score (nSPS) is 12.2. The summed E-state index contributed by atoms with van der Waals surface area (Å²) < 4.78 is 32.2. The molecule has 2 rings (SSSR count). The molecule has 1 unspecified atom stereocenters. The highest BCUT2D eigenvalue weighted by Gasteiger charge is 2.17. The predicted octanol–water partition coefficient (Wildman–Crippen LogP) is 2.72. The van der Waals surface area contributed by atoms with Gasteiger partial charge in [-0.05, 0) is 30.2 Å². The first-order chi connectivity index (χ1) is 9.65. The molecule has 0 bridgehead atoms. The second-order valence-electron chi connectivity index (χ2n) is 4.42.